The summed E-state index contributed by atoms with van der Waals surface area (Å²) in [4.78, 5) is 0. The first kappa shape index (κ1) is 29.2. The van der Waals surface area contributed by atoms with Gasteiger partial charge < -0.3 is 18.9 Å². The molecule has 2 aromatic rings. The van der Waals surface area contributed by atoms with E-state index in [1.807, 2.05) is 0 Å². The van der Waals surface area contributed by atoms with Crippen LogP contribution in [-0.4, -0.2) is 58.6 Å². The van der Waals surface area contributed by atoms with Crippen LogP contribution in [0.1, 0.15) is 81.1 Å². The number of hydrogen-bond donors (Lipinski definition) is 0. The van der Waals surface area contributed by atoms with Gasteiger partial charge in [0.05, 0.1) is 26.4 Å². The molecule has 0 amide bonds. The molecule has 2 spiro atoms. The molecule has 0 aromatic heterocycles. The van der Waals surface area contributed by atoms with Crippen LogP contribution in [0.3, 0.4) is 0 Å². The molecule has 4 nitrogen and oxygen atoms in total. The van der Waals surface area contributed by atoms with E-state index < -0.39 is 27.4 Å². The van der Waals surface area contributed by atoms with Crippen LogP contribution >= 0.6 is 15.8 Å². The standard InChI is InChI=1S/C34H48O4P2/c1-29(2)21-33(35-17-18-36-33)22-30(3,4)39(29)27-15-11-9-13-25(27)26-14-10-12-16-28(26)40-31(5,6)23-34(24-32(40,7)8)37-19-20-38-34/h9-16H,17-24H2,1-8H3. The average molecular weight is 583 g/mol. The smallest absolute Gasteiger partial charge is 0.170 e. The van der Waals surface area contributed by atoms with Crippen LogP contribution in [-0.2, 0) is 18.9 Å². The van der Waals surface area contributed by atoms with E-state index in [2.05, 4.69) is 104 Å². The van der Waals surface area contributed by atoms with Crippen molar-refractivity contribution in [2.45, 2.75) is 113 Å². The van der Waals surface area contributed by atoms with E-state index in [0.717, 1.165) is 25.7 Å². The molecule has 218 valence electrons. The van der Waals surface area contributed by atoms with Gasteiger partial charge in [-0.05, 0) is 42.4 Å². The Morgan fingerprint density at radius 2 is 0.725 bits per heavy atom. The zero-order chi connectivity index (χ0) is 28.6. The average Bonchev–Trinajstić information content (AvgIpc) is 3.45. The van der Waals surface area contributed by atoms with Gasteiger partial charge in [-0.15, -0.1) is 0 Å². The largest absolute Gasteiger partial charge is 0.347 e. The van der Waals surface area contributed by atoms with Crippen molar-refractivity contribution in [3.63, 3.8) is 0 Å². The number of rotatable bonds is 3. The predicted molar refractivity (Wildman–Crippen MR) is 169 cm³/mol. The predicted octanol–water partition coefficient (Wildman–Crippen LogP) is 7.76. The van der Waals surface area contributed by atoms with Gasteiger partial charge in [-0.2, -0.15) is 0 Å². The van der Waals surface area contributed by atoms with Crippen molar-refractivity contribution in [3.05, 3.63) is 48.5 Å². The molecule has 6 rings (SSSR count). The molecule has 0 saturated carbocycles. The van der Waals surface area contributed by atoms with E-state index in [9.17, 15) is 0 Å². The van der Waals surface area contributed by atoms with E-state index in [0.29, 0.717) is 26.4 Å². The van der Waals surface area contributed by atoms with Crippen LogP contribution in [0.4, 0.5) is 0 Å². The zero-order valence-corrected chi connectivity index (χ0v) is 27.6. The van der Waals surface area contributed by atoms with E-state index in [1.54, 1.807) is 0 Å². The lowest BCUT2D eigenvalue weighted by Crippen LogP contribution is -2.53. The molecule has 0 N–H and O–H groups in total. The molecule has 4 heterocycles. The highest BCUT2D eigenvalue weighted by molar-refractivity contribution is 7.69. The van der Waals surface area contributed by atoms with Crippen molar-refractivity contribution in [2.24, 2.45) is 0 Å². The molecular weight excluding hydrogens is 534 g/mol. The van der Waals surface area contributed by atoms with Crippen molar-refractivity contribution in [1.82, 2.24) is 0 Å². The Morgan fingerprint density at radius 3 is 1.02 bits per heavy atom. The summed E-state index contributed by atoms with van der Waals surface area (Å²) >= 11 is 0. The number of benzene rings is 2. The Balaban J connectivity index is 1.45. The van der Waals surface area contributed by atoms with Gasteiger partial charge in [-0.3, -0.25) is 0 Å². The first-order valence-electron chi connectivity index (χ1n) is 15.0. The molecule has 0 unspecified atom stereocenters. The number of ether oxygens (including phenoxy) is 4. The molecular formula is C34H48O4P2. The fourth-order valence-corrected chi connectivity index (χ4v) is 18.0. The second kappa shape index (κ2) is 9.83. The van der Waals surface area contributed by atoms with E-state index in [4.69, 9.17) is 18.9 Å². The molecule has 0 aliphatic carbocycles. The van der Waals surface area contributed by atoms with E-state index in [-0.39, 0.29) is 20.6 Å². The lowest BCUT2D eigenvalue weighted by atomic mass is 9.91. The molecule has 40 heavy (non-hydrogen) atoms. The highest BCUT2D eigenvalue weighted by Gasteiger charge is 2.59. The summed E-state index contributed by atoms with van der Waals surface area (Å²) in [6.07, 6.45) is 3.78. The third-order valence-electron chi connectivity index (χ3n) is 9.44. The Morgan fingerprint density at radius 1 is 0.450 bits per heavy atom. The SMILES string of the molecule is CC1(C)CC2(CC(C)(C)P1c1ccccc1-c1ccccc1P1C(C)(C)CC3(CC1(C)C)OCCO3)OCCO2. The van der Waals surface area contributed by atoms with Gasteiger partial charge in [-0.25, -0.2) is 0 Å². The summed E-state index contributed by atoms with van der Waals surface area (Å²) < 4.78 is 25.2. The Hall–Kier alpha value is -0.860. The van der Waals surface area contributed by atoms with Crippen molar-refractivity contribution in [1.29, 1.82) is 0 Å². The maximum Gasteiger partial charge on any atom is 0.170 e. The lowest BCUT2D eigenvalue weighted by molar-refractivity contribution is -0.179. The monoisotopic (exact) mass is 582 g/mol. The van der Waals surface area contributed by atoms with Crippen LogP contribution in [0.25, 0.3) is 11.1 Å². The normalized spacial score (nSPS) is 28.3. The fraction of sp³-hybridized carbons (Fsp3) is 0.647. The molecule has 0 bridgehead atoms. The van der Waals surface area contributed by atoms with Crippen molar-refractivity contribution in [3.8, 4) is 11.1 Å². The molecule has 0 atom stereocenters. The Labute approximate surface area is 244 Å². The van der Waals surface area contributed by atoms with Gasteiger partial charge in [-0.1, -0.05) is 120 Å². The van der Waals surface area contributed by atoms with Crippen LogP contribution in [0.5, 0.6) is 0 Å². The van der Waals surface area contributed by atoms with Crippen molar-refractivity contribution in [2.75, 3.05) is 26.4 Å². The maximum absolute atomic E-state index is 6.31. The Kier molecular flexibility index (Phi) is 7.18. The minimum absolute atomic E-state index is 0.0741. The van der Waals surface area contributed by atoms with Crippen LogP contribution in [0, 0.1) is 0 Å². The minimum Gasteiger partial charge on any atom is -0.347 e. The van der Waals surface area contributed by atoms with Crippen molar-refractivity contribution < 1.29 is 18.9 Å². The topological polar surface area (TPSA) is 36.9 Å². The molecule has 2 aromatic carbocycles. The van der Waals surface area contributed by atoms with Gasteiger partial charge in [0, 0.05) is 25.7 Å². The van der Waals surface area contributed by atoms with E-state index in [1.165, 1.54) is 21.7 Å². The summed E-state index contributed by atoms with van der Waals surface area (Å²) in [5, 5.41) is 3.34. The third kappa shape index (κ3) is 4.94. The Bertz CT molecular complexity index is 1120. The highest BCUT2D eigenvalue weighted by atomic mass is 31.1. The second-order valence-corrected chi connectivity index (χ2v) is 22.0. The van der Waals surface area contributed by atoms with Gasteiger partial charge >= 0.3 is 0 Å². The highest BCUT2D eigenvalue weighted by Crippen LogP contribution is 2.70. The van der Waals surface area contributed by atoms with Gasteiger partial charge in [0.25, 0.3) is 0 Å². The van der Waals surface area contributed by atoms with Crippen molar-refractivity contribution >= 4 is 26.5 Å². The second-order valence-electron chi connectivity index (χ2n) is 14.9. The summed E-state index contributed by atoms with van der Waals surface area (Å²) in [5.41, 5.74) is 2.83. The third-order valence-corrected chi connectivity index (χ3v) is 16.7. The molecule has 4 fully saturated rings. The zero-order valence-electron chi connectivity index (χ0n) is 25.8. The van der Waals surface area contributed by atoms with Crippen LogP contribution < -0.4 is 10.6 Å². The first-order chi connectivity index (χ1) is 18.7. The summed E-state index contributed by atoms with van der Waals surface area (Å²) in [5.74, 6) is -0.864. The molecule has 4 saturated heterocycles. The van der Waals surface area contributed by atoms with Gasteiger partial charge in [0.15, 0.2) is 11.6 Å². The summed E-state index contributed by atoms with van der Waals surface area (Å²) in [6, 6.07) is 18.6. The first-order valence-corrected chi connectivity index (χ1v) is 17.7. The van der Waals surface area contributed by atoms with E-state index >= 15 is 0 Å². The quantitative estimate of drug-likeness (QED) is 0.347. The summed E-state index contributed by atoms with van der Waals surface area (Å²) in [6.45, 7) is 22.5. The molecule has 4 aliphatic rings. The maximum atomic E-state index is 6.31. The molecule has 0 radical (unpaired) electrons. The molecule has 4 aliphatic heterocycles. The minimum atomic E-state index is -0.523. The van der Waals surface area contributed by atoms with Gasteiger partial charge in [0.1, 0.15) is 0 Å². The van der Waals surface area contributed by atoms with Gasteiger partial charge in [0.2, 0.25) is 0 Å². The van der Waals surface area contributed by atoms with Crippen LogP contribution in [0.15, 0.2) is 48.5 Å². The lowest BCUT2D eigenvalue weighted by Gasteiger charge is -2.56. The number of hydrogen-bond acceptors (Lipinski definition) is 4. The fourth-order valence-electron chi connectivity index (χ4n) is 9.22. The molecule has 6 heteroatoms. The van der Waals surface area contributed by atoms with Crippen LogP contribution in [0.2, 0.25) is 0 Å². The summed E-state index contributed by atoms with van der Waals surface area (Å²) in [7, 11) is -1.05.